The number of piperidine rings is 1. The fraction of sp³-hybridized carbons (Fsp3) is 0.500. The van der Waals surface area contributed by atoms with Gasteiger partial charge in [0.15, 0.2) is 0 Å². The second-order valence-electron chi connectivity index (χ2n) is 6.19. The molecule has 1 saturated heterocycles. The zero-order chi connectivity index (χ0) is 18.9. The lowest BCUT2D eigenvalue weighted by atomic mass is 10.0. The van der Waals surface area contributed by atoms with Crippen molar-refractivity contribution in [1.29, 1.82) is 0 Å². The van der Waals surface area contributed by atoms with Crippen molar-refractivity contribution >= 4 is 11.7 Å². The fourth-order valence-electron chi connectivity index (χ4n) is 2.99. The molecule has 1 N–H and O–H groups in total. The van der Waals surface area contributed by atoms with Crippen LogP contribution in [0.4, 0.5) is 19.0 Å². The Hall–Kier alpha value is -2.65. The number of rotatable bonds is 3. The lowest BCUT2D eigenvalue weighted by molar-refractivity contribution is -0.141. The van der Waals surface area contributed by atoms with Gasteiger partial charge in [0.1, 0.15) is 29.2 Å². The van der Waals surface area contributed by atoms with Gasteiger partial charge in [-0.05, 0) is 26.7 Å². The van der Waals surface area contributed by atoms with Crippen LogP contribution in [0.15, 0.2) is 16.9 Å². The molecule has 2 aromatic heterocycles. The maximum absolute atomic E-state index is 12.8. The van der Waals surface area contributed by atoms with Crippen molar-refractivity contribution in [3.05, 3.63) is 35.1 Å². The number of hydrogen-bond donors (Lipinski definition) is 1. The summed E-state index contributed by atoms with van der Waals surface area (Å²) in [7, 11) is 0. The summed E-state index contributed by atoms with van der Waals surface area (Å²) in [5.74, 6) is 0.446. The van der Waals surface area contributed by atoms with E-state index in [2.05, 4.69) is 20.4 Å². The molecule has 0 bridgehead atoms. The normalized spacial score (nSPS) is 16.0. The second kappa shape index (κ2) is 6.93. The van der Waals surface area contributed by atoms with Crippen LogP contribution < -0.4 is 10.2 Å². The number of carbonyl (C=O) groups excluding carboxylic acids is 1. The maximum Gasteiger partial charge on any atom is 0.433 e. The molecule has 2 aromatic rings. The maximum atomic E-state index is 12.8. The molecule has 10 heteroatoms. The van der Waals surface area contributed by atoms with Crippen LogP contribution in [0.1, 0.15) is 40.3 Å². The molecule has 3 rings (SSSR count). The number of anilines is 1. The van der Waals surface area contributed by atoms with E-state index in [-0.39, 0.29) is 17.8 Å². The van der Waals surface area contributed by atoms with Gasteiger partial charge in [0, 0.05) is 25.2 Å². The SMILES string of the molecule is Cc1noc(C)c1C(=O)NC1CCN(c2cc(C(F)(F)F)ncn2)CC1. The van der Waals surface area contributed by atoms with Crippen LogP contribution in [0.25, 0.3) is 0 Å². The molecule has 0 unspecified atom stereocenters. The predicted octanol–water partition coefficient (Wildman–Crippen LogP) is 2.50. The summed E-state index contributed by atoms with van der Waals surface area (Å²) in [5.41, 5.74) is -0.00696. The molecule has 3 heterocycles. The highest BCUT2D eigenvalue weighted by Gasteiger charge is 2.33. The summed E-state index contributed by atoms with van der Waals surface area (Å²) in [6.07, 6.45) is -2.39. The van der Waals surface area contributed by atoms with Crippen LogP contribution in [0, 0.1) is 13.8 Å². The Morgan fingerprint density at radius 2 is 1.96 bits per heavy atom. The minimum atomic E-state index is -4.50. The predicted molar refractivity (Wildman–Crippen MR) is 85.7 cm³/mol. The van der Waals surface area contributed by atoms with Crippen LogP contribution in [-0.4, -0.2) is 40.2 Å². The van der Waals surface area contributed by atoms with Gasteiger partial charge in [-0.3, -0.25) is 4.79 Å². The number of nitrogens with one attached hydrogen (secondary N) is 1. The standard InChI is InChI=1S/C16H18F3N5O2/c1-9-14(10(2)26-23-9)15(25)22-11-3-5-24(6-4-11)13-7-12(16(17,18)19)20-8-21-13/h7-8,11H,3-6H2,1-2H3,(H,22,25). The highest BCUT2D eigenvalue weighted by atomic mass is 19.4. The van der Waals surface area contributed by atoms with Crippen LogP contribution in [0.5, 0.6) is 0 Å². The first kappa shape index (κ1) is 18.2. The Morgan fingerprint density at radius 3 is 2.54 bits per heavy atom. The van der Waals surface area contributed by atoms with Gasteiger partial charge in [-0.15, -0.1) is 0 Å². The van der Waals surface area contributed by atoms with Gasteiger partial charge in [0.2, 0.25) is 0 Å². The summed E-state index contributed by atoms with van der Waals surface area (Å²) in [5, 5.41) is 6.69. The smallest absolute Gasteiger partial charge is 0.361 e. The third-order valence-corrected chi connectivity index (χ3v) is 4.36. The van der Waals surface area contributed by atoms with Crippen molar-refractivity contribution in [2.24, 2.45) is 0 Å². The minimum absolute atomic E-state index is 0.0728. The topological polar surface area (TPSA) is 84.2 Å². The van der Waals surface area contributed by atoms with E-state index in [0.29, 0.717) is 42.9 Å². The summed E-state index contributed by atoms with van der Waals surface area (Å²) < 4.78 is 43.3. The zero-order valence-electron chi connectivity index (χ0n) is 14.3. The molecule has 0 aliphatic carbocycles. The molecule has 0 atom stereocenters. The molecule has 1 aliphatic rings. The molecular weight excluding hydrogens is 351 g/mol. The fourth-order valence-corrected chi connectivity index (χ4v) is 2.99. The number of nitrogens with zero attached hydrogens (tertiary/aromatic N) is 4. The van der Waals surface area contributed by atoms with E-state index in [4.69, 9.17) is 4.52 Å². The average Bonchev–Trinajstić information content (AvgIpc) is 2.93. The first-order chi connectivity index (χ1) is 12.3. The van der Waals surface area contributed by atoms with Gasteiger partial charge < -0.3 is 14.7 Å². The molecule has 0 saturated carbocycles. The number of aromatic nitrogens is 3. The molecule has 7 nitrogen and oxygen atoms in total. The van der Waals surface area contributed by atoms with Crippen LogP contribution >= 0.6 is 0 Å². The summed E-state index contributed by atoms with van der Waals surface area (Å²) in [4.78, 5) is 21.3. The van der Waals surface area contributed by atoms with Gasteiger partial charge >= 0.3 is 6.18 Å². The Balaban J connectivity index is 1.60. The van der Waals surface area contributed by atoms with E-state index in [0.717, 1.165) is 12.4 Å². The van der Waals surface area contributed by atoms with Crippen molar-refractivity contribution in [1.82, 2.24) is 20.4 Å². The lowest BCUT2D eigenvalue weighted by Crippen LogP contribution is -2.45. The molecule has 140 valence electrons. The number of aryl methyl sites for hydroxylation is 2. The highest BCUT2D eigenvalue weighted by molar-refractivity contribution is 5.96. The van der Waals surface area contributed by atoms with Crippen molar-refractivity contribution in [3.8, 4) is 0 Å². The summed E-state index contributed by atoms with van der Waals surface area (Å²) in [6, 6.07) is 0.874. The molecule has 26 heavy (non-hydrogen) atoms. The first-order valence-corrected chi connectivity index (χ1v) is 8.13. The number of amides is 1. The Morgan fingerprint density at radius 1 is 1.27 bits per heavy atom. The number of halogens is 3. The van der Waals surface area contributed by atoms with E-state index < -0.39 is 11.9 Å². The lowest BCUT2D eigenvalue weighted by Gasteiger charge is -2.33. The van der Waals surface area contributed by atoms with E-state index in [1.807, 2.05) is 0 Å². The van der Waals surface area contributed by atoms with Crippen LogP contribution in [0.3, 0.4) is 0 Å². The third kappa shape index (κ3) is 3.78. The van der Waals surface area contributed by atoms with E-state index in [9.17, 15) is 18.0 Å². The monoisotopic (exact) mass is 369 g/mol. The van der Waals surface area contributed by atoms with Crippen LogP contribution in [-0.2, 0) is 6.18 Å². The van der Waals surface area contributed by atoms with Gasteiger partial charge in [-0.2, -0.15) is 13.2 Å². The largest absolute Gasteiger partial charge is 0.433 e. The number of alkyl halides is 3. The first-order valence-electron chi connectivity index (χ1n) is 8.13. The Kier molecular flexibility index (Phi) is 4.84. The van der Waals surface area contributed by atoms with Gasteiger partial charge in [0.25, 0.3) is 5.91 Å². The average molecular weight is 369 g/mol. The van der Waals surface area contributed by atoms with E-state index >= 15 is 0 Å². The molecule has 1 aliphatic heterocycles. The third-order valence-electron chi connectivity index (χ3n) is 4.36. The molecule has 0 aromatic carbocycles. The quantitative estimate of drug-likeness (QED) is 0.895. The van der Waals surface area contributed by atoms with Crippen molar-refractivity contribution < 1.29 is 22.5 Å². The van der Waals surface area contributed by atoms with E-state index in [1.54, 1.807) is 18.7 Å². The molecular formula is C16H18F3N5O2. The zero-order valence-corrected chi connectivity index (χ0v) is 14.3. The highest BCUT2D eigenvalue weighted by Crippen LogP contribution is 2.29. The van der Waals surface area contributed by atoms with Crippen LogP contribution in [0.2, 0.25) is 0 Å². The van der Waals surface area contributed by atoms with Crippen molar-refractivity contribution in [3.63, 3.8) is 0 Å². The molecule has 0 radical (unpaired) electrons. The molecule has 1 amide bonds. The van der Waals surface area contributed by atoms with Gasteiger partial charge in [-0.1, -0.05) is 5.16 Å². The summed E-state index contributed by atoms with van der Waals surface area (Å²) in [6.45, 7) is 4.34. The molecule has 1 fully saturated rings. The molecule has 0 spiro atoms. The van der Waals surface area contributed by atoms with Crippen molar-refractivity contribution in [2.45, 2.75) is 38.9 Å². The van der Waals surface area contributed by atoms with Gasteiger partial charge in [0.05, 0.1) is 5.69 Å². The Labute approximate surface area is 147 Å². The van der Waals surface area contributed by atoms with Crippen molar-refractivity contribution in [2.75, 3.05) is 18.0 Å². The van der Waals surface area contributed by atoms with Gasteiger partial charge in [-0.25, -0.2) is 9.97 Å². The van der Waals surface area contributed by atoms with E-state index in [1.165, 1.54) is 0 Å². The second-order valence-corrected chi connectivity index (χ2v) is 6.19. The number of carbonyl (C=O) groups is 1. The summed E-state index contributed by atoms with van der Waals surface area (Å²) >= 11 is 0. The minimum Gasteiger partial charge on any atom is -0.361 e. The number of hydrogen-bond acceptors (Lipinski definition) is 6. The Bertz CT molecular complexity index is 778.